The third-order valence-corrected chi connectivity index (χ3v) is 6.16. The van der Waals surface area contributed by atoms with Crippen LogP contribution in [0.5, 0.6) is 0 Å². The van der Waals surface area contributed by atoms with Crippen LogP contribution in [0.3, 0.4) is 0 Å². The fraction of sp³-hybridized carbons (Fsp3) is 0.857. The molecule has 0 aromatic rings. The highest BCUT2D eigenvalue weighted by atomic mass is 16.5. The molecule has 2 saturated heterocycles. The van der Waals surface area contributed by atoms with E-state index in [0.29, 0.717) is 44.2 Å². The summed E-state index contributed by atoms with van der Waals surface area (Å²) in [6, 6.07) is 0. The van der Waals surface area contributed by atoms with Crippen molar-refractivity contribution < 1.29 is 19.1 Å². The Kier molecular flexibility index (Phi) is 7.29. The maximum atomic E-state index is 12.8. The molecule has 6 nitrogen and oxygen atoms in total. The van der Waals surface area contributed by atoms with Gasteiger partial charge >= 0.3 is 5.97 Å². The summed E-state index contributed by atoms with van der Waals surface area (Å²) in [5.74, 6) is 0.873. The Hall–Kier alpha value is -1.59. The van der Waals surface area contributed by atoms with Crippen molar-refractivity contribution in [2.45, 2.75) is 59.8 Å². The van der Waals surface area contributed by atoms with Crippen LogP contribution in [0, 0.1) is 23.2 Å². The molecule has 2 amide bonds. The van der Waals surface area contributed by atoms with Crippen molar-refractivity contribution in [3.05, 3.63) is 0 Å². The average molecular weight is 381 g/mol. The van der Waals surface area contributed by atoms with Crippen molar-refractivity contribution >= 4 is 17.8 Å². The number of ether oxygens (including phenoxy) is 1. The minimum atomic E-state index is -0.356. The molecule has 154 valence electrons. The molecule has 0 aromatic heterocycles. The number of rotatable bonds is 4. The van der Waals surface area contributed by atoms with E-state index in [0.717, 1.165) is 25.9 Å². The van der Waals surface area contributed by atoms with Crippen LogP contribution in [0.1, 0.15) is 59.8 Å². The molecule has 2 aliphatic heterocycles. The normalized spacial score (nSPS) is 24.6. The Labute approximate surface area is 163 Å². The molecule has 0 bridgehead atoms. The van der Waals surface area contributed by atoms with Gasteiger partial charge in [-0.05, 0) is 31.1 Å². The van der Waals surface area contributed by atoms with Gasteiger partial charge in [0.1, 0.15) is 0 Å². The third-order valence-electron chi connectivity index (χ3n) is 6.16. The van der Waals surface area contributed by atoms with E-state index in [-0.39, 0.29) is 29.1 Å². The van der Waals surface area contributed by atoms with Gasteiger partial charge in [-0.1, -0.05) is 34.1 Å². The first-order valence-electron chi connectivity index (χ1n) is 10.3. The SMILES string of the molecule is CC[C@H]1CN(C(=O)C(C)(C)C)CC[C@H]1CC(=O)N1CCC(C(=O)OC)CC1. The molecule has 2 atom stereocenters. The fourth-order valence-corrected chi connectivity index (χ4v) is 4.36. The molecule has 0 N–H and O–H groups in total. The van der Waals surface area contributed by atoms with Crippen LogP contribution in [0.2, 0.25) is 0 Å². The largest absolute Gasteiger partial charge is 0.469 e. The van der Waals surface area contributed by atoms with E-state index < -0.39 is 0 Å². The minimum Gasteiger partial charge on any atom is -0.469 e. The van der Waals surface area contributed by atoms with Gasteiger partial charge in [-0.2, -0.15) is 0 Å². The Balaban J connectivity index is 1.87. The number of nitrogens with zero attached hydrogens (tertiary/aromatic N) is 2. The Morgan fingerprint density at radius 3 is 2.07 bits per heavy atom. The zero-order chi connectivity index (χ0) is 20.2. The van der Waals surface area contributed by atoms with Crippen LogP contribution in [0.4, 0.5) is 0 Å². The van der Waals surface area contributed by atoms with Gasteiger partial charge in [0.05, 0.1) is 13.0 Å². The standard InChI is InChI=1S/C21H36N2O4/c1-6-15-14-23(20(26)21(2,3)4)12-9-17(15)13-18(24)22-10-7-16(8-11-22)19(25)27-5/h15-17H,6-14H2,1-5H3/t15-,17-/m0/s1. The summed E-state index contributed by atoms with van der Waals surface area (Å²) in [5.41, 5.74) is -0.356. The van der Waals surface area contributed by atoms with Crippen molar-refractivity contribution in [3.8, 4) is 0 Å². The predicted octanol–water partition coefficient (Wildman–Crippen LogP) is 2.71. The molecule has 0 aromatic carbocycles. The van der Waals surface area contributed by atoms with Crippen molar-refractivity contribution in [1.82, 2.24) is 9.80 Å². The van der Waals surface area contributed by atoms with E-state index in [4.69, 9.17) is 4.74 Å². The number of carbonyl (C=O) groups is 3. The van der Waals surface area contributed by atoms with Crippen LogP contribution >= 0.6 is 0 Å². The van der Waals surface area contributed by atoms with Gasteiger partial charge in [0.15, 0.2) is 0 Å². The second-order valence-corrected chi connectivity index (χ2v) is 9.10. The Morgan fingerprint density at radius 1 is 0.963 bits per heavy atom. The molecule has 27 heavy (non-hydrogen) atoms. The molecule has 6 heteroatoms. The first-order valence-corrected chi connectivity index (χ1v) is 10.3. The number of carbonyl (C=O) groups excluding carboxylic acids is 3. The maximum Gasteiger partial charge on any atom is 0.308 e. The number of piperidine rings is 2. The fourth-order valence-electron chi connectivity index (χ4n) is 4.36. The lowest BCUT2D eigenvalue weighted by molar-refractivity contribution is -0.149. The molecule has 0 radical (unpaired) electrons. The van der Waals surface area contributed by atoms with E-state index in [9.17, 15) is 14.4 Å². The monoisotopic (exact) mass is 380 g/mol. The van der Waals surface area contributed by atoms with Gasteiger partial charge in [0.25, 0.3) is 0 Å². The van der Waals surface area contributed by atoms with Gasteiger partial charge in [-0.25, -0.2) is 0 Å². The average Bonchev–Trinajstić information content (AvgIpc) is 2.66. The summed E-state index contributed by atoms with van der Waals surface area (Å²) in [6.45, 7) is 10.8. The number of esters is 1. The van der Waals surface area contributed by atoms with Gasteiger partial charge in [-0.3, -0.25) is 14.4 Å². The maximum absolute atomic E-state index is 12.8. The van der Waals surface area contributed by atoms with E-state index in [1.54, 1.807) is 0 Å². The second kappa shape index (κ2) is 9.07. The molecular weight excluding hydrogens is 344 g/mol. The molecule has 0 unspecified atom stereocenters. The summed E-state index contributed by atoms with van der Waals surface area (Å²) < 4.78 is 4.81. The first kappa shape index (κ1) is 21.7. The minimum absolute atomic E-state index is 0.0749. The number of hydrogen-bond acceptors (Lipinski definition) is 4. The van der Waals surface area contributed by atoms with Crippen molar-refractivity contribution in [3.63, 3.8) is 0 Å². The molecule has 2 heterocycles. The van der Waals surface area contributed by atoms with Crippen LogP contribution in [-0.4, -0.2) is 60.9 Å². The molecule has 2 fully saturated rings. The van der Waals surface area contributed by atoms with Gasteiger partial charge in [0, 0.05) is 38.0 Å². The van der Waals surface area contributed by atoms with Gasteiger partial charge < -0.3 is 14.5 Å². The number of hydrogen-bond donors (Lipinski definition) is 0. The van der Waals surface area contributed by atoms with E-state index in [2.05, 4.69) is 6.92 Å². The van der Waals surface area contributed by atoms with E-state index in [1.807, 2.05) is 30.6 Å². The highest BCUT2D eigenvalue weighted by Crippen LogP contribution is 2.32. The first-order chi connectivity index (χ1) is 12.7. The lowest BCUT2D eigenvalue weighted by Gasteiger charge is -2.41. The summed E-state index contributed by atoms with van der Waals surface area (Å²) in [5, 5.41) is 0. The zero-order valence-electron chi connectivity index (χ0n) is 17.6. The zero-order valence-corrected chi connectivity index (χ0v) is 17.6. The molecular formula is C21H36N2O4. The van der Waals surface area contributed by atoms with Crippen molar-refractivity contribution in [1.29, 1.82) is 0 Å². The Morgan fingerprint density at radius 2 is 1.56 bits per heavy atom. The Bertz CT molecular complexity index is 547. The lowest BCUT2D eigenvalue weighted by Crippen LogP contribution is -2.49. The van der Waals surface area contributed by atoms with Gasteiger partial charge in [-0.15, -0.1) is 0 Å². The molecule has 0 spiro atoms. The quantitative estimate of drug-likeness (QED) is 0.704. The molecule has 0 aliphatic carbocycles. The van der Waals surface area contributed by atoms with E-state index in [1.165, 1.54) is 7.11 Å². The summed E-state index contributed by atoms with van der Waals surface area (Å²) in [7, 11) is 1.42. The smallest absolute Gasteiger partial charge is 0.308 e. The van der Waals surface area contributed by atoms with Gasteiger partial charge in [0.2, 0.25) is 11.8 Å². The number of methoxy groups -OCH3 is 1. The summed E-state index contributed by atoms with van der Waals surface area (Å²) in [4.78, 5) is 40.9. The summed E-state index contributed by atoms with van der Waals surface area (Å²) >= 11 is 0. The second-order valence-electron chi connectivity index (χ2n) is 9.10. The number of likely N-dealkylation sites (tertiary alicyclic amines) is 2. The highest BCUT2D eigenvalue weighted by Gasteiger charge is 2.36. The van der Waals surface area contributed by atoms with E-state index >= 15 is 0 Å². The molecule has 2 rings (SSSR count). The van der Waals surface area contributed by atoms with Crippen LogP contribution in [-0.2, 0) is 19.1 Å². The topological polar surface area (TPSA) is 66.9 Å². The summed E-state index contributed by atoms with van der Waals surface area (Å²) in [6.07, 6.45) is 3.81. The third kappa shape index (κ3) is 5.45. The van der Waals surface area contributed by atoms with Crippen molar-refractivity contribution in [2.75, 3.05) is 33.3 Å². The van der Waals surface area contributed by atoms with Crippen molar-refractivity contribution in [2.24, 2.45) is 23.2 Å². The number of amides is 2. The van der Waals surface area contributed by atoms with Crippen LogP contribution in [0.15, 0.2) is 0 Å². The molecule has 2 aliphatic rings. The molecule has 0 saturated carbocycles. The lowest BCUT2D eigenvalue weighted by atomic mass is 9.80. The van der Waals surface area contributed by atoms with Crippen LogP contribution < -0.4 is 0 Å². The highest BCUT2D eigenvalue weighted by molar-refractivity contribution is 5.81. The van der Waals surface area contributed by atoms with Crippen LogP contribution in [0.25, 0.3) is 0 Å². The predicted molar refractivity (Wildman–Crippen MR) is 104 cm³/mol.